The molecule has 10 heteroatoms. The van der Waals surface area contributed by atoms with Crippen molar-refractivity contribution in [2.24, 2.45) is 5.73 Å². The fraction of sp³-hybridized carbons (Fsp3) is 0.609. The lowest BCUT2D eigenvalue weighted by Gasteiger charge is -2.56. The molecule has 4 N–H and O–H groups in total. The van der Waals surface area contributed by atoms with Crippen molar-refractivity contribution in [2.75, 3.05) is 13.1 Å². The molecule has 0 bridgehead atoms. The number of carbonyl (C=O) groups is 3. The number of primary amides is 1. The zero-order valence-electron chi connectivity index (χ0n) is 19.6. The summed E-state index contributed by atoms with van der Waals surface area (Å²) in [6, 6.07) is 7.79. The zero-order chi connectivity index (χ0) is 24.4. The van der Waals surface area contributed by atoms with Gasteiger partial charge in [0.2, 0.25) is 5.91 Å². The summed E-state index contributed by atoms with van der Waals surface area (Å²) in [6.45, 7) is 7.40. The van der Waals surface area contributed by atoms with E-state index in [0.717, 1.165) is 5.56 Å². The minimum absolute atomic E-state index is 0.0956. The number of nitrogens with one attached hydrogen (secondary N) is 1. The van der Waals surface area contributed by atoms with Gasteiger partial charge >= 0.3 is 6.09 Å². The molecule has 1 aromatic rings. The molecule has 3 amide bonds. The molecular formula is C23H34N4O6. The van der Waals surface area contributed by atoms with Crippen LogP contribution in [0.25, 0.3) is 0 Å². The Hall–Kier alpha value is -2.69. The van der Waals surface area contributed by atoms with Gasteiger partial charge in [0.1, 0.15) is 24.3 Å². The van der Waals surface area contributed by atoms with Gasteiger partial charge in [0.15, 0.2) is 5.54 Å². The minimum atomic E-state index is -1.15. The third-order valence-electron chi connectivity index (χ3n) is 5.97. The van der Waals surface area contributed by atoms with Crippen molar-refractivity contribution in [1.82, 2.24) is 15.3 Å². The summed E-state index contributed by atoms with van der Waals surface area (Å²) in [6.07, 6.45) is -0.524. The van der Waals surface area contributed by atoms with Crippen molar-refractivity contribution in [3.8, 4) is 0 Å². The fourth-order valence-corrected chi connectivity index (χ4v) is 4.45. The number of amides is 3. The third kappa shape index (κ3) is 5.13. The lowest BCUT2D eigenvalue weighted by Crippen LogP contribution is -2.81. The number of nitrogens with zero attached hydrogens (tertiary/aromatic N) is 2. The van der Waals surface area contributed by atoms with Crippen molar-refractivity contribution in [3.63, 3.8) is 0 Å². The molecule has 1 spiro atoms. The van der Waals surface area contributed by atoms with Crippen LogP contribution in [0.1, 0.15) is 46.1 Å². The Morgan fingerprint density at radius 2 is 1.97 bits per heavy atom. The van der Waals surface area contributed by atoms with E-state index in [4.69, 9.17) is 15.3 Å². The van der Waals surface area contributed by atoms with Gasteiger partial charge in [0, 0.05) is 13.1 Å². The summed E-state index contributed by atoms with van der Waals surface area (Å²) in [7, 11) is 0. The van der Waals surface area contributed by atoms with E-state index in [1.807, 2.05) is 30.3 Å². The standard InChI is InChI=1S/C23H34N4O6/c1-15(28)18(19(24)29)25-13-17-23(11-8-12-26(23)21(31)33-22(2,3)4)20(30)27(17)32-14-16-9-6-5-7-10-16/h5-7,9-10,15,17-18,25,28H,8,11-14H2,1-4H3,(H2,24,29)/t15-,17?,18+,23?/m1/s1. The van der Waals surface area contributed by atoms with Crippen LogP contribution in [0.3, 0.4) is 0 Å². The number of β-lactam (4-membered cyclic amide) rings is 1. The van der Waals surface area contributed by atoms with Crippen molar-refractivity contribution < 1.29 is 29.1 Å². The van der Waals surface area contributed by atoms with Crippen LogP contribution >= 0.6 is 0 Å². The van der Waals surface area contributed by atoms with Gasteiger partial charge in [-0.3, -0.25) is 19.3 Å². The molecule has 4 atom stereocenters. The van der Waals surface area contributed by atoms with E-state index in [0.29, 0.717) is 19.4 Å². The molecule has 0 radical (unpaired) electrons. The Labute approximate surface area is 193 Å². The maximum atomic E-state index is 13.4. The normalized spacial score (nSPS) is 24.5. The van der Waals surface area contributed by atoms with Gasteiger partial charge in [-0.1, -0.05) is 30.3 Å². The van der Waals surface area contributed by atoms with Crippen LogP contribution in [0.4, 0.5) is 4.79 Å². The molecule has 0 aliphatic carbocycles. The SMILES string of the molecule is C[C@@H](O)[C@H](NCC1N(OCc2ccccc2)C(=O)C12CCCN2C(=O)OC(C)(C)C)C(N)=O. The van der Waals surface area contributed by atoms with Crippen LogP contribution in [0.5, 0.6) is 0 Å². The smallest absolute Gasteiger partial charge is 0.411 e. The Kier molecular flexibility index (Phi) is 7.30. The number of nitrogens with two attached hydrogens (primary N) is 1. The number of aliphatic hydroxyl groups is 1. The second kappa shape index (κ2) is 9.66. The van der Waals surface area contributed by atoms with Gasteiger partial charge in [-0.2, -0.15) is 0 Å². The predicted octanol–water partition coefficient (Wildman–Crippen LogP) is 0.923. The molecule has 2 unspecified atom stereocenters. The van der Waals surface area contributed by atoms with Gasteiger partial charge in [-0.25, -0.2) is 9.86 Å². The molecular weight excluding hydrogens is 428 g/mol. The van der Waals surface area contributed by atoms with Crippen molar-refractivity contribution in [1.29, 1.82) is 0 Å². The van der Waals surface area contributed by atoms with E-state index in [-0.39, 0.29) is 19.1 Å². The number of hydroxylamine groups is 2. The van der Waals surface area contributed by atoms with E-state index in [1.165, 1.54) is 16.9 Å². The van der Waals surface area contributed by atoms with E-state index >= 15 is 0 Å². The van der Waals surface area contributed by atoms with Crippen LogP contribution in [-0.4, -0.2) is 75.4 Å². The molecule has 2 fully saturated rings. The number of rotatable bonds is 8. The molecule has 2 aliphatic rings. The largest absolute Gasteiger partial charge is 0.444 e. The average molecular weight is 463 g/mol. The van der Waals surface area contributed by atoms with Gasteiger partial charge in [0.05, 0.1) is 6.10 Å². The van der Waals surface area contributed by atoms with Crippen LogP contribution in [0.2, 0.25) is 0 Å². The van der Waals surface area contributed by atoms with Gasteiger partial charge in [-0.15, -0.1) is 0 Å². The molecule has 182 valence electrons. The molecule has 3 rings (SSSR count). The molecule has 0 saturated carbocycles. The number of carbonyl (C=O) groups excluding carboxylic acids is 3. The van der Waals surface area contributed by atoms with Crippen LogP contribution in [-0.2, 0) is 25.8 Å². The summed E-state index contributed by atoms with van der Waals surface area (Å²) in [5, 5.41) is 14.1. The lowest BCUT2D eigenvalue weighted by atomic mass is 9.78. The minimum Gasteiger partial charge on any atom is -0.444 e. The monoisotopic (exact) mass is 462 g/mol. The highest BCUT2D eigenvalue weighted by Gasteiger charge is 2.68. The molecule has 0 aromatic heterocycles. The number of hydrogen-bond acceptors (Lipinski definition) is 7. The Morgan fingerprint density at radius 1 is 1.30 bits per heavy atom. The van der Waals surface area contributed by atoms with Crippen molar-refractivity contribution in [2.45, 2.75) is 76.5 Å². The Bertz CT molecular complexity index is 871. The second-order valence-corrected chi connectivity index (χ2v) is 9.59. The van der Waals surface area contributed by atoms with E-state index in [1.54, 1.807) is 20.8 Å². The van der Waals surface area contributed by atoms with Gasteiger partial charge in [0.25, 0.3) is 5.91 Å². The number of aliphatic hydroxyl groups excluding tert-OH is 1. The molecule has 2 aliphatic heterocycles. The second-order valence-electron chi connectivity index (χ2n) is 9.59. The quantitative estimate of drug-likeness (QED) is 0.489. The third-order valence-corrected chi connectivity index (χ3v) is 5.97. The highest BCUT2D eigenvalue weighted by atomic mass is 16.7. The van der Waals surface area contributed by atoms with Crippen molar-refractivity contribution >= 4 is 17.9 Å². The molecule has 1 aromatic carbocycles. The summed E-state index contributed by atoms with van der Waals surface area (Å²) < 4.78 is 5.56. The summed E-state index contributed by atoms with van der Waals surface area (Å²) in [5.41, 5.74) is 4.43. The van der Waals surface area contributed by atoms with Gasteiger partial charge < -0.3 is 20.9 Å². The number of likely N-dealkylation sites (tertiary alicyclic amines) is 1. The molecule has 2 heterocycles. The first kappa shape index (κ1) is 24.9. The molecule has 10 nitrogen and oxygen atoms in total. The van der Waals surface area contributed by atoms with Gasteiger partial charge in [-0.05, 0) is 46.1 Å². The Balaban J connectivity index is 1.83. The first-order chi connectivity index (χ1) is 15.5. The van der Waals surface area contributed by atoms with E-state index in [9.17, 15) is 19.5 Å². The number of ether oxygens (including phenoxy) is 1. The summed E-state index contributed by atoms with van der Waals surface area (Å²) in [4.78, 5) is 45.4. The molecule has 33 heavy (non-hydrogen) atoms. The Morgan fingerprint density at radius 3 is 2.55 bits per heavy atom. The first-order valence-electron chi connectivity index (χ1n) is 11.2. The van der Waals surface area contributed by atoms with E-state index in [2.05, 4.69) is 5.32 Å². The summed E-state index contributed by atoms with van der Waals surface area (Å²) in [5.74, 6) is -1.04. The highest BCUT2D eigenvalue weighted by molar-refractivity contribution is 5.97. The topological polar surface area (TPSA) is 134 Å². The summed E-state index contributed by atoms with van der Waals surface area (Å²) >= 11 is 0. The van der Waals surface area contributed by atoms with E-state index < -0.39 is 41.3 Å². The van der Waals surface area contributed by atoms with Crippen molar-refractivity contribution in [3.05, 3.63) is 35.9 Å². The first-order valence-corrected chi connectivity index (χ1v) is 11.2. The number of benzene rings is 1. The highest BCUT2D eigenvalue weighted by Crippen LogP contribution is 2.45. The van der Waals surface area contributed by atoms with Crippen LogP contribution in [0.15, 0.2) is 30.3 Å². The molecule has 2 saturated heterocycles. The average Bonchev–Trinajstić information content (AvgIpc) is 3.19. The number of hydrogen-bond donors (Lipinski definition) is 3. The van der Waals surface area contributed by atoms with Crippen LogP contribution in [0, 0.1) is 0 Å². The maximum absolute atomic E-state index is 13.4. The maximum Gasteiger partial charge on any atom is 0.411 e. The zero-order valence-corrected chi connectivity index (χ0v) is 19.6. The fourth-order valence-electron chi connectivity index (χ4n) is 4.45. The predicted molar refractivity (Wildman–Crippen MR) is 119 cm³/mol. The lowest BCUT2D eigenvalue weighted by molar-refractivity contribution is -0.265. The van der Waals surface area contributed by atoms with Crippen LogP contribution < -0.4 is 11.1 Å².